The van der Waals surface area contributed by atoms with Crippen LogP contribution in [0.2, 0.25) is 0 Å². The molecule has 3 rings (SSSR count). The summed E-state index contributed by atoms with van der Waals surface area (Å²) in [5.41, 5.74) is 2.37. The van der Waals surface area contributed by atoms with Crippen molar-refractivity contribution >= 4 is 34.5 Å². The molecule has 1 N–H and O–H groups in total. The minimum absolute atomic E-state index is 0.265. The highest BCUT2D eigenvalue weighted by molar-refractivity contribution is 5.96. The van der Waals surface area contributed by atoms with Crippen LogP contribution in [0.15, 0.2) is 46.1 Å². The van der Waals surface area contributed by atoms with Gasteiger partial charge in [-0.25, -0.2) is 10.1 Å². The zero-order valence-corrected chi connectivity index (χ0v) is 12.7. The van der Waals surface area contributed by atoms with Gasteiger partial charge < -0.3 is 0 Å². The van der Waals surface area contributed by atoms with Gasteiger partial charge in [0.2, 0.25) is 0 Å². The fourth-order valence-corrected chi connectivity index (χ4v) is 2.05. The summed E-state index contributed by atoms with van der Waals surface area (Å²) < 4.78 is 4.56. The van der Waals surface area contributed by atoms with Gasteiger partial charge in [-0.15, -0.1) is 0 Å². The summed E-state index contributed by atoms with van der Waals surface area (Å²) in [5.74, 6) is -0.836. The molecule has 0 bridgehead atoms. The Kier molecular flexibility index (Phi) is 4.30. The lowest BCUT2D eigenvalue weighted by molar-refractivity contribution is -0.394. The Balaban J connectivity index is 1.78. The third-order valence-corrected chi connectivity index (χ3v) is 3.24. The molecule has 0 unspecified atom stereocenters. The Bertz CT molecular complexity index is 1030. The summed E-state index contributed by atoms with van der Waals surface area (Å²) in [6.45, 7) is 0. The third-order valence-electron chi connectivity index (χ3n) is 3.24. The number of carbonyl (C=O) groups is 1. The second kappa shape index (κ2) is 6.72. The Hall–Kier alpha value is -4.22. The maximum atomic E-state index is 12.0. The summed E-state index contributed by atoms with van der Waals surface area (Å²) in [6.07, 6.45) is 1.30. The lowest BCUT2D eigenvalue weighted by Crippen LogP contribution is -2.18. The number of nitro benzene ring substituents is 2. The normalized spacial score (nSPS) is 10.9. The van der Waals surface area contributed by atoms with Crippen LogP contribution in [0.25, 0.3) is 11.0 Å². The third kappa shape index (κ3) is 3.48. The number of carbonyl (C=O) groups excluding carboxylic acids is 1. The van der Waals surface area contributed by atoms with Gasteiger partial charge in [0.15, 0.2) is 0 Å². The molecule has 0 aliphatic carbocycles. The van der Waals surface area contributed by atoms with Gasteiger partial charge in [-0.1, -0.05) is 6.07 Å². The predicted octanol–water partition coefficient (Wildman–Crippen LogP) is 1.80. The minimum Gasteiger partial charge on any atom is -0.267 e. The summed E-state index contributed by atoms with van der Waals surface area (Å²) in [7, 11) is 0. The molecule has 12 nitrogen and oxygen atoms in total. The van der Waals surface area contributed by atoms with E-state index in [0.29, 0.717) is 16.6 Å². The average Bonchev–Trinajstić information content (AvgIpc) is 3.08. The Morgan fingerprint density at radius 2 is 1.69 bits per heavy atom. The van der Waals surface area contributed by atoms with Gasteiger partial charge in [0.05, 0.1) is 27.7 Å². The smallest absolute Gasteiger partial charge is 0.267 e. The van der Waals surface area contributed by atoms with Crippen LogP contribution >= 0.6 is 0 Å². The molecule has 0 radical (unpaired) electrons. The van der Waals surface area contributed by atoms with E-state index < -0.39 is 27.1 Å². The number of amides is 1. The number of hydrazone groups is 1. The molecule has 1 heterocycles. The molecule has 0 aliphatic heterocycles. The largest absolute Gasteiger partial charge is 0.277 e. The molecule has 1 amide bonds. The quantitative estimate of drug-likeness (QED) is 0.410. The summed E-state index contributed by atoms with van der Waals surface area (Å²) >= 11 is 0. The molecule has 0 spiro atoms. The maximum absolute atomic E-state index is 12.0. The van der Waals surface area contributed by atoms with E-state index in [0.717, 1.165) is 18.2 Å². The van der Waals surface area contributed by atoms with Gasteiger partial charge >= 0.3 is 0 Å². The molecular weight excluding hydrogens is 348 g/mol. The van der Waals surface area contributed by atoms with E-state index in [4.69, 9.17) is 0 Å². The molecule has 0 aliphatic rings. The number of benzene rings is 2. The number of hydrogen-bond donors (Lipinski definition) is 1. The van der Waals surface area contributed by atoms with Crippen LogP contribution in [0, 0.1) is 20.2 Å². The number of nitro groups is 2. The molecule has 3 aromatic rings. The molecule has 0 saturated heterocycles. The fourth-order valence-electron chi connectivity index (χ4n) is 2.05. The van der Waals surface area contributed by atoms with E-state index in [9.17, 15) is 25.0 Å². The van der Waals surface area contributed by atoms with E-state index in [1.165, 1.54) is 6.21 Å². The minimum atomic E-state index is -0.836. The average molecular weight is 356 g/mol. The van der Waals surface area contributed by atoms with Crippen molar-refractivity contribution < 1.29 is 19.3 Å². The van der Waals surface area contributed by atoms with Crippen molar-refractivity contribution in [1.82, 2.24) is 15.7 Å². The van der Waals surface area contributed by atoms with Gasteiger partial charge in [-0.2, -0.15) is 5.10 Å². The van der Waals surface area contributed by atoms with E-state index in [-0.39, 0.29) is 5.56 Å². The van der Waals surface area contributed by atoms with E-state index in [2.05, 4.69) is 25.5 Å². The van der Waals surface area contributed by atoms with Crippen molar-refractivity contribution in [2.24, 2.45) is 5.10 Å². The second-order valence-corrected chi connectivity index (χ2v) is 4.96. The molecule has 0 fully saturated rings. The molecule has 130 valence electrons. The van der Waals surface area contributed by atoms with Crippen molar-refractivity contribution in [1.29, 1.82) is 0 Å². The van der Waals surface area contributed by atoms with Crippen LogP contribution in [-0.4, -0.2) is 32.3 Å². The standard InChI is InChI=1S/C14H8N6O6/c21-14(9-4-10(19(22)23)6-11(5-9)20(24)25)16-15-7-8-1-2-12-13(3-8)18-26-17-12/h1-7H,(H,16,21). The highest BCUT2D eigenvalue weighted by atomic mass is 16.6. The highest BCUT2D eigenvalue weighted by Gasteiger charge is 2.19. The Morgan fingerprint density at radius 3 is 2.35 bits per heavy atom. The first-order valence-corrected chi connectivity index (χ1v) is 6.93. The van der Waals surface area contributed by atoms with Gasteiger partial charge in [0, 0.05) is 12.1 Å². The summed E-state index contributed by atoms with van der Waals surface area (Å²) in [6, 6.07) is 7.51. The van der Waals surface area contributed by atoms with E-state index >= 15 is 0 Å². The number of rotatable bonds is 5. The molecule has 1 aromatic heterocycles. The Labute approximate surface area is 143 Å². The summed E-state index contributed by atoms with van der Waals surface area (Å²) in [5, 5.41) is 32.7. The molecular formula is C14H8N6O6. The van der Waals surface area contributed by atoms with Crippen LogP contribution in [0.4, 0.5) is 11.4 Å². The van der Waals surface area contributed by atoms with Crippen LogP contribution in [0.3, 0.4) is 0 Å². The number of aromatic nitrogens is 2. The fraction of sp³-hybridized carbons (Fsp3) is 0. The first kappa shape index (κ1) is 16.6. The maximum Gasteiger partial charge on any atom is 0.277 e. The zero-order valence-electron chi connectivity index (χ0n) is 12.7. The number of non-ortho nitro benzene ring substituents is 2. The van der Waals surface area contributed by atoms with Crippen LogP contribution in [0.5, 0.6) is 0 Å². The van der Waals surface area contributed by atoms with Crippen molar-refractivity contribution in [3.8, 4) is 0 Å². The predicted molar refractivity (Wildman–Crippen MR) is 86.6 cm³/mol. The highest BCUT2D eigenvalue weighted by Crippen LogP contribution is 2.22. The first-order valence-electron chi connectivity index (χ1n) is 6.93. The topological polar surface area (TPSA) is 167 Å². The summed E-state index contributed by atoms with van der Waals surface area (Å²) in [4.78, 5) is 32.1. The zero-order chi connectivity index (χ0) is 18.7. The van der Waals surface area contributed by atoms with Crippen LogP contribution < -0.4 is 5.43 Å². The van der Waals surface area contributed by atoms with Gasteiger partial charge in [-0.3, -0.25) is 25.0 Å². The van der Waals surface area contributed by atoms with Gasteiger partial charge in [0.1, 0.15) is 11.0 Å². The lowest BCUT2D eigenvalue weighted by Gasteiger charge is -2.01. The number of nitrogens with one attached hydrogen (secondary N) is 1. The van der Waals surface area contributed by atoms with Crippen molar-refractivity contribution in [3.63, 3.8) is 0 Å². The molecule has 0 atom stereocenters. The first-order chi connectivity index (χ1) is 12.4. The van der Waals surface area contributed by atoms with Gasteiger partial charge in [-0.05, 0) is 28.0 Å². The van der Waals surface area contributed by atoms with E-state index in [1.807, 2.05) is 0 Å². The number of nitrogens with zero attached hydrogens (tertiary/aromatic N) is 5. The molecule has 2 aromatic carbocycles. The number of fused-ring (bicyclic) bond motifs is 1. The monoisotopic (exact) mass is 356 g/mol. The SMILES string of the molecule is O=C(NN=Cc1ccc2nonc2c1)c1cc([N+](=O)[O-])cc([N+](=O)[O-])c1. The van der Waals surface area contributed by atoms with Crippen LogP contribution in [-0.2, 0) is 0 Å². The Morgan fingerprint density at radius 1 is 1.04 bits per heavy atom. The number of hydrogen-bond acceptors (Lipinski definition) is 9. The van der Waals surface area contributed by atoms with Crippen molar-refractivity contribution in [2.45, 2.75) is 0 Å². The molecule has 26 heavy (non-hydrogen) atoms. The van der Waals surface area contributed by atoms with Crippen molar-refractivity contribution in [2.75, 3.05) is 0 Å². The van der Waals surface area contributed by atoms with E-state index in [1.54, 1.807) is 18.2 Å². The lowest BCUT2D eigenvalue weighted by atomic mass is 10.1. The molecule has 0 saturated carbocycles. The van der Waals surface area contributed by atoms with Crippen molar-refractivity contribution in [3.05, 3.63) is 67.8 Å². The second-order valence-electron chi connectivity index (χ2n) is 4.96. The van der Waals surface area contributed by atoms with Crippen LogP contribution in [0.1, 0.15) is 15.9 Å². The van der Waals surface area contributed by atoms with Gasteiger partial charge in [0.25, 0.3) is 17.3 Å². The molecule has 12 heteroatoms.